The number of nitrogens with two attached hydrogens (primary N) is 1. The number of nitrogen functional groups attached to an aromatic ring is 1. The number of carbonyl (C=O) groups is 1. The lowest BCUT2D eigenvalue weighted by atomic mass is 10.1. The molecule has 0 saturated carbocycles. The fourth-order valence-corrected chi connectivity index (χ4v) is 2.05. The minimum atomic E-state index is -0.284. The maximum absolute atomic E-state index is 12.1. The van der Waals surface area contributed by atoms with E-state index >= 15 is 0 Å². The van der Waals surface area contributed by atoms with Gasteiger partial charge < -0.3 is 11.1 Å². The SMILES string of the molecule is Cc1cc(NC(=O)c2ccc(Br)cc2N)cnc1Cl. The van der Waals surface area contributed by atoms with Gasteiger partial charge in [0, 0.05) is 10.2 Å². The number of hydrogen-bond donors (Lipinski definition) is 2. The van der Waals surface area contributed by atoms with Gasteiger partial charge in [0.15, 0.2) is 0 Å². The Bertz CT molecular complexity index is 646. The fraction of sp³-hybridized carbons (Fsp3) is 0.0769. The van der Waals surface area contributed by atoms with Crippen molar-refractivity contribution >= 4 is 44.8 Å². The van der Waals surface area contributed by atoms with E-state index in [1.165, 1.54) is 6.20 Å². The van der Waals surface area contributed by atoms with Crippen LogP contribution < -0.4 is 11.1 Å². The molecule has 1 amide bonds. The lowest BCUT2D eigenvalue weighted by Gasteiger charge is -2.08. The highest BCUT2D eigenvalue weighted by Gasteiger charge is 2.11. The summed E-state index contributed by atoms with van der Waals surface area (Å²) in [5, 5.41) is 3.15. The van der Waals surface area contributed by atoms with Crippen LogP contribution in [0.5, 0.6) is 0 Å². The van der Waals surface area contributed by atoms with Crippen molar-refractivity contribution in [3.8, 4) is 0 Å². The summed E-state index contributed by atoms with van der Waals surface area (Å²) in [6, 6.07) is 6.85. The summed E-state index contributed by atoms with van der Waals surface area (Å²) in [4.78, 5) is 16.0. The normalized spacial score (nSPS) is 10.3. The zero-order valence-corrected chi connectivity index (χ0v) is 12.4. The number of carbonyl (C=O) groups excluding carboxylic acids is 1. The van der Waals surface area contributed by atoms with Gasteiger partial charge in [0.05, 0.1) is 17.4 Å². The van der Waals surface area contributed by atoms with Gasteiger partial charge in [-0.2, -0.15) is 0 Å². The van der Waals surface area contributed by atoms with E-state index in [2.05, 4.69) is 26.2 Å². The van der Waals surface area contributed by atoms with Crippen LogP contribution in [0.25, 0.3) is 0 Å². The summed E-state index contributed by atoms with van der Waals surface area (Å²) in [6.45, 7) is 1.82. The van der Waals surface area contributed by atoms with Crippen LogP contribution in [-0.2, 0) is 0 Å². The van der Waals surface area contributed by atoms with Crippen LogP contribution >= 0.6 is 27.5 Å². The first-order valence-corrected chi connectivity index (χ1v) is 6.63. The molecule has 3 N–H and O–H groups in total. The monoisotopic (exact) mass is 339 g/mol. The van der Waals surface area contributed by atoms with Crippen LogP contribution in [-0.4, -0.2) is 10.9 Å². The standard InChI is InChI=1S/C13H11BrClN3O/c1-7-4-9(6-17-12(7)15)18-13(19)10-3-2-8(14)5-11(10)16/h2-6H,16H2,1H3,(H,18,19). The van der Waals surface area contributed by atoms with E-state index in [4.69, 9.17) is 17.3 Å². The second-order valence-electron chi connectivity index (χ2n) is 4.02. The van der Waals surface area contributed by atoms with Crippen molar-refractivity contribution in [1.82, 2.24) is 4.98 Å². The van der Waals surface area contributed by atoms with Crippen molar-refractivity contribution < 1.29 is 4.79 Å². The van der Waals surface area contributed by atoms with Gasteiger partial charge in [-0.15, -0.1) is 0 Å². The van der Waals surface area contributed by atoms with Gasteiger partial charge >= 0.3 is 0 Å². The molecule has 1 aromatic carbocycles. The Morgan fingerprint density at radius 1 is 1.42 bits per heavy atom. The number of nitrogens with zero attached hydrogens (tertiary/aromatic N) is 1. The number of aryl methyl sites for hydroxylation is 1. The van der Waals surface area contributed by atoms with E-state index in [-0.39, 0.29) is 5.91 Å². The van der Waals surface area contributed by atoms with Gasteiger partial charge in [0.1, 0.15) is 5.15 Å². The average Bonchev–Trinajstić information content (AvgIpc) is 2.33. The lowest BCUT2D eigenvalue weighted by molar-refractivity contribution is 0.102. The minimum absolute atomic E-state index is 0.284. The van der Waals surface area contributed by atoms with E-state index in [9.17, 15) is 4.79 Å². The van der Waals surface area contributed by atoms with Crippen molar-refractivity contribution in [2.75, 3.05) is 11.1 Å². The molecule has 0 aliphatic rings. The Labute approximate surface area is 124 Å². The number of benzene rings is 1. The van der Waals surface area contributed by atoms with E-state index in [0.29, 0.717) is 22.1 Å². The van der Waals surface area contributed by atoms with Gasteiger partial charge in [-0.25, -0.2) is 4.98 Å². The summed E-state index contributed by atoms with van der Waals surface area (Å²) < 4.78 is 0.825. The molecule has 0 spiro atoms. The van der Waals surface area contributed by atoms with E-state index in [1.54, 1.807) is 24.3 Å². The molecule has 19 heavy (non-hydrogen) atoms. The molecule has 4 nitrogen and oxygen atoms in total. The molecule has 0 saturated heterocycles. The van der Waals surface area contributed by atoms with E-state index in [0.717, 1.165) is 10.0 Å². The maximum atomic E-state index is 12.1. The van der Waals surface area contributed by atoms with Crippen molar-refractivity contribution in [2.45, 2.75) is 6.92 Å². The highest BCUT2D eigenvalue weighted by molar-refractivity contribution is 9.10. The summed E-state index contributed by atoms with van der Waals surface area (Å²) in [5.74, 6) is -0.284. The molecule has 2 rings (SSSR count). The molecular weight excluding hydrogens is 330 g/mol. The Kier molecular flexibility index (Phi) is 4.07. The van der Waals surface area contributed by atoms with Gasteiger partial charge in [-0.1, -0.05) is 27.5 Å². The summed E-state index contributed by atoms with van der Waals surface area (Å²) in [5.41, 5.74) is 8.00. The molecule has 1 heterocycles. The number of aromatic nitrogens is 1. The molecule has 6 heteroatoms. The van der Waals surface area contributed by atoms with Crippen molar-refractivity contribution in [3.05, 3.63) is 51.2 Å². The van der Waals surface area contributed by atoms with Crippen LogP contribution in [0.1, 0.15) is 15.9 Å². The van der Waals surface area contributed by atoms with Crippen LogP contribution in [0.2, 0.25) is 5.15 Å². The molecule has 0 unspecified atom stereocenters. The second kappa shape index (κ2) is 5.59. The van der Waals surface area contributed by atoms with Gasteiger partial charge in [0.25, 0.3) is 5.91 Å². The Morgan fingerprint density at radius 2 is 2.16 bits per heavy atom. The molecule has 2 aromatic rings. The quantitative estimate of drug-likeness (QED) is 0.648. The molecule has 0 atom stereocenters. The third-order valence-corrected chi connectivity index (χ3v) is 3.42. The largest absolute Gasteiger partial charge is 0.398 e. The smallest absolute Gasteiger partial charge is 0.257 e. The molecule has 0 bridgehead atoms. The predicted molar refractivity (Wildman–Crippen MR) is 80.5 cm³/mol. The minimum Gasteiger partial charge on any atom is -0.398 e. The third-order valence-electron chi connectivity index (χ3n) is 2.53. The molecule has 0 fully saturated rings. The van der Waals surface area contributed by atoms with Crippen LogP contribution in [0, 0.1) is 6.92 Å². The lowest BCUT2D eigenvalue weighted by Crippen LogP contribution is -2.14. The summed E-state index contributed by atoms with van der Waals surface area (Å²) in [7, 11) is 0. The third kappa shape index (κ3) is 3.24. The van der Waals surface area contributed by atoms with E-state index in [1.807, 2.05) is 6.92 Å². The molecule has 0 aliphatic heterocycles. The van der Waals surface area contributed by atoms with Crippen LogP contribution in [0.15, 0.2) is 34.9 Å². The number of hydrogen-bond acceptors (Lipinski definition) is 3. The maximum Gasteiger partial charge on any atom is 0.257 e. The number of nitrogens with one attached hydrogen (secondary N) is 1. The zero-order valence-electron chi connectivity index (χ0n) is 10.1. The Morgan fingerprint density at radius 3 is 2.79 bits per heavy atom. The van der Waals surface area contributed by atoms with Crippen molar-refractivity contribution in [3.63, 3.8) is 0 Å². The number of rotatable bonds is 2. The number of amides is 1. The fourth-order valence-electron chi connectivity index (χ4n) is 1.57. The second-order valence-corrected chi connectivity index (χ2v) is 5.29. The number of halogens is 2. The first-order chi connectivity index (χ1) is 8.97. The Balaban J connectivity index is 2.23. The molecule has 0 radical (unpaired) electrons. The molecule has 98 valence electrons. The molecule has 0 aliphatic carbocycles. The van der Waals surface area contributed by atoms with E-state index < -0.39 is 0 Å². The predicted octanol–water partition coefficient (Wildman–Crippen LogP) is 3.64. The summed E-state index contributed by atoms with van der Waals surface area (Å²) in [6.07, 6.45) is 1.50. The van der Waals surface area contributed by atoms with Gasteiger partial charge in [0.2, 0.25) is 0 Å². The first-order valence-electron chi connectivity index (χ1n) is 5.46. The van der Waals surface area contributed by atoms with Gasteiger partial charge in [-0.3, -0.25) is 4.79 Å². The number of pyridine rings is 1. The summed E-state index contributed by atoms with van der Waals surface area (Å²) >= 11 is 9.12. The molecular formula is C13H11BrClN3O. The average molecular weight is 341 g/mol. The van der Waals surface area contributed by atoms with Crippen LogP contribution in [0.4, 0.5) is 11.4 Å². The first kappa shape index (κ1) is 13.8. The van der Waals surface area contributed by atoms with Gasteiger partial charge in [-0.05, 0) is 36.8 Å². The van der Waals surface area contributed by atoms with Crippen molar-refractivity contribution in [1.29, 1.82) is 0 Å². The highest BCUT2D eigenvalue weighted by atomic mass is 79.9. The Hall–Kier alpha value is -1.59. The molecule has 1 aromatic heterocycles. The number of anilines is 2. The zero-order chi connectivity index (χ0) is 14.0. The van der Waals surface area contributed by atoms with Crippen molar-refractivity contribution in [2.24, 2.45) is 0 Å². The van der Waals surface area contributed by atoms with Crippen LogP contribution in [0.3, 0.4) is 0 Å². The topological polar surface area (TPSA) is 68.0 Å². The highest BCUT2D eigenvalue weighted by Crippen LogP contribution is 2.21.